The van der Waals surface area contributed by atoms with Crippen molar-refractivity contribution in [3.63, 3.8) is 0 Å². The first-order valence-electron chi connectivity index (χ1n) is 16.3. The fourth-order valence-electron chi connectivity index (χ4n) is 7.94. The molecule has 2 aromatic heterocycles. The minimum absolute atomic E-state index is 0.0315. The first-order valence-corrected chi connectivity index (χ1v) is 16.6. The largest absolute Gasteiger partial charge is 0.480 e. The summed E-state index contributed by atoms with van der Waals surface area (Å²) in [6, 6.07) is 2.39. The molecule has 3 aliphatic heterocycles. The molecule has 1 aliphatic carbocycles. The molecule has 0 amide bonds. The maximum atomic E-state index is 17.0. The third-order valence-electron chi connectivity index (χ3n) is 10.4. The highest BCUT2D eigenvalue weighted by Gasteiger charge is 2.51. The molecule has 3 unspecified atom stereocenters. The van der Waals surface area contributed by atoms with Crippen molar-refractivity contribution in [3.8, 4) is 23.1 Å². The van der Waals surface area contributed by atoms with Crippen molar-refractivity contribution in [2.24, 2.45) is 5.41 Å². The van der Waals surface area contributed by atoms with E-state index >= 15 is 4.39 Å². The number of β-amino-alcohol motifs (C(OH)–C–C–N with tert-alkyl or cyclic N) is 1. The van der Waals surface area contributed by atoms with E-state index < -0.39 is 11.9 Å². The van der Waals surface area contributed by atoms with Gasteiger partial charge in [-0.3, -0.25) is 4.90 Å². The lowest BCUT2D eigenvalue weighted by molar-refractivity contribution is -0.115. The van der Waals surface area contributed by atoms with Crippen LogP contribution in [0.15, 0.2) is 6.07 Å². The summed E-state index contributed by atoms with van der Waals surface area (Å²) in [4.78, 5) is 18.5. The van der Waals surface area contributed by atoms with Gasteiger partial charge in [0.05, 0.1) is 52.3 Å². The van der Waals surface area contributed by atoms with Gasteiger partial charge >= 0.3 is 6.01 Å². The fraction of sp³-hybridized carbons (Fsp3) is 0.576. The lowest BCUT2D eigenvalue weighted by atomic mass is 9.75. The molecule has 4 aliphatic rings. The van der Waals surface area contributed by atoms with E-state index in [4.69, 9.17) is 46.7 Å². The predicted octanol–water partition coefficient (Wildman–Crippen LogP) is 3.99. The zero-order chi connectivity index (χ0) is 32.9. The minimum atomic E-state index is -0.788. The highest BCUT2D eigenvalue weighted by atomic mass is 35.5. The second-order valence-corrected chi connectivity index (χ2v) is 13.5. The van der Waals surface area contributed by atoms with Crippen LogP contribution in [0.5, 0.6) is 11.9 Å². The summed E-state index contributed by atoms with van der Waals surface area (Å²) in [5.74, 6) is -0.345. The fourth-order valence-corrected chi connectivity index (χ4v) is 8.16. The van der Waals surface area contributed by atoms with E-state index in [-0.39, 0.29) is 63.9 Å². The number of pyridine rings is 1. The number of aliphatic hydroxyl groups is 1. The Hall–Kier alpha value is -3.36. The van der Waals surface area contributed by atoms with Crippen molar-refractivity contribution in [1.29, 1.82) is 5.41 Å². The number of rotatable bonds is 8. The third kappa shape index (κ3) is 5.65. The Morgan fingerprint density at radius 1 is 1.19 bits per heavy atom. The number of anilines is 2. The molecule has 0 radical (unpaired) electrons. The number of halogens is 2. The van der Waals surface area contributed by atoms with Crippen LogP contribution in [0.3, 0.4) is 0 Å². The molecule has 12 nitrogen and oxygen atoms in total. The quantitative estimate of drug-likeness (QED) is 0.236. The zero-order valence-electron chi connectivity index (χ0n) is 26.7. The number of hydrogen-bond acceptors (Lipinski definition) is 12. The number of nitrogens with two attached hydrogens (primary N) is 1. The molecule has 4 fully saturated rings. The number of ether oxygens (including phenoxy) is 4. The van der Waals surface area contributed by atoms with E-state index in [1.807, 2.05) is 4.90 Å². The Balaban J connectivity index is 1.36. The third-order valence-corrected chi connectivity index (χ3v) is 10.8. The normalized spacial score (nSPS) is 25.3. The first kappa shape index (κ1) is 32.2. The standard InChI is InChI=1S/C33H41ClFN7O5/c1-18-22(34)11-23(37)21(12-36)25(18)28-27(35)29-26(31(38-28)44-2)30(41-9-10-45-16-20(43)13-41)40-32(39-29)47-17-33-6-3-5-24(33)42(8-4-7-33)19-14-46-15-19/h11-12,19-20,24,36,43H,3-10,13-17,37H2,1-2H3. The molecular weight excluding hydrogens is 629 g/mol. The molecule has 1 aromatic carbocycles. The number of fused-ring (bicyclic) bond motifs is 2. The van der Waals surface area contributed by atoms with Crippen molar-refractivity contribution in [2.45, 2.75) is 57.2 Å². The van der Waals surface area contributed by atoms with E-state index in [1.165, 1.54) is 13.2 Å². The lowest BCUT2D eigenvalue weighted by Gasteiger charge is -2.51. The maximum Gasteiger partial charge on any atom is 0.319 e. The Morgan fingerprint density at radius 2 is 2.00 bits per heavy atom. The van der Waals surface area contributed by atoms with Gasteiger partial charge in [-0.15, -0.1) is 0 Å². The van der Waals surface area contributed by atoms with Crippen LogP contribution in [0.1, 0.15) is 43.2 Å². The van der Waals surface area contributed by atoms with Crippen LogP contribution in [-0.4, -0.2) is 109 Å². The Bertz CT molecular complexity index is 1690. The van der Waals surface area contributed by atoms with E-state index in [0.717, 1.165) is 58.1 Å². The maximum absolute atomic E-state index is 17.0. The SMILES string of the molecule is COc1nc(-c2c(C)c(Cl)cc(N)c2C=N)c(F)c2nc(OCC34CCCC3N(C3COC3)CCC4)nc(N3CCOCC(O)C3)c12. The molecule has 47 heavy (non-hydrogen) atoms. The number of piperidine rings is 1. The van der Waals surface area contributed by atoms with Gasteiger partial charge in [-0.2, -0.15) is 9.97 Å². The smallest absolute Gasteiger partial charge is 0.319 e. The topological polar surface area (TPSA) is 152 Å². The van der Waals surface area contributed by atoms with E-state index in [9.17, 15) is 5.11 Å². The highest BCUT2D eigenvalue weighted by molar-refractivity contribution is 6.32. The number of nitrogen functional groups attached to an aromatic ring is 1. The zero-order valence-corrected chi connectivity index (χ0v) is 27.5. The summed E-state index contributed by atoms with van der Waals surface area (Å²) in [7, 11) is 1.44. The summed E-state index contributed by atoms with van der Waals surface area (Å²) >= 11 is 6.49. The van der Waals surface area contributed by atoms with Crippen molar-refractivity contribution in [1.82, 2.24) is 19.9 Å². The molecule has 4 N–H and O–H groups in total. The van der Waals surface area contributed by atoms with E-state index in [1.54, 1.807) is 6.92 Å². The Labute approximate surface area is 277 Å². The average molecular weight is 670 g/mol. The molecule has 3 saturated heterocycles. The molecule has 14 heteroatoms. The average Bonchev–Trinajstić information content (AvgIpc) is 3.36. The van der Waals surface area contributed by atoms with Crippen LogP contribution in [0.4, 0.5) is 15.9 Å². The van der Waals surface area contributed by atoms with Gasteiger partial charge in [-0.1, -0.05) is 18.0 Å². The second kappa shape index (κ2) is 12.9. The number of likely N-dealkylation sites (tertiary alicyclic amines) is 1. The number of aliphatic hydroxyl groups excluding tert-OH is 1. The summed E-state index contributed by atoms with van der Waals surface area (Å²) in [6.45, 7) is 5.82. The predicted molar refractivity (Wildman–Crippen MR) is 176 cm³/mol. The highest BCUT2D eigenvalue weighted by Crippen LogP contribution is 2.49. The molecule has 3 aromatic rings. The summed E-state index contributed by atoms with van der Waals surface area (Å²) in [6.07, 6.45) is 5.64. The number of nitrogens with one attached hydrogen (secondary N) is 1. The van der Waals surface area contributed by atoms with Crippen LogP contribution >= 0.6 is 11.6 Å². The van der Waals surface area contributed by atoms with E-state index in [2.05, 4.69) is 14.9 Å². The molecule has 5 heterocycles. The van der Waals surface area contributed by atoms with Gasteiger partial charge < -0.3 is 40.1 Å². The van der Waals surface area contributed by atoms with Crippen molar-refractivity contribution < 1.29 is 28.4 Å². The summed E-state index contributed by atoms with van der Waals surface area (Å²) in [5, 5.41) is 19.2. The lowest BCUT2D eigenvalue weighted by Crippen LogP contribution is -2.60. The molecule has 0 spiro atoms. The summed E-state index contributed by atoms with van der Waals surface area (Å²) < 4.78 is 40.4. The van der Waals surface area contributed by atoms with Gasteiger partial charge in [0.15, 0.2) is 5.82 Å². The van der Waals surface area contributed by atoms with Crippen molar-refractivity contribution >= 4 is 40.2 Å². The Kier molecular flexibility index (Phi) is 8.85. The molecule has 3 atom stereocenters. The van der Waals surface area contributed by atoms with Crippen LogP contribution in [0.2, 0.25) is 5.02 Å². The number of nitrogens with zero attached hydrogens (tertiary/aromatic N) is 5. The first-order chi connectivity index (χ1) is 22.7. The van der Waals surface area contributed by atoms with Gasteiger partial charge in [-0.25, -0.2) is 9.37 Å². The van der Waals surface area contributed by atoms with Gasteiger partial charge in [-0.05, 0) is 50.8 Å². The molecule has 7 rings (SSSR count). The molecule has 1 saturated carbocycles. The summed E-state index contributed by atoms with van der Waals surface area (Å²) in [5.41, 5.74) is 7.29. The Morgan fingerprint density at radius 3 is 2.74 bits per heavy atom. The van der Waals surface area contributed by atoms with E-state index in [0.29, 0.717) is 48.2 Å². The number of methoxy groups -OCH3 is 1. The van der Waals surface area contributed by atoms with Gasteiger partial charge in [0, 0.05) is 52.6 Å². The minimum Gasteiger partial charge on any atom is -0.480 e. The van der Waals surface area contributed by atoms with Crippen molar-refractivity contribution in [3.05, 3.63) is 28.0 Å². The van der Waals surface area contributed by atoms with Gasteiger partial charge in [0.25, 0.3) is 0 Å². The number of benzene rings is 1. The van der Waals surface area contributed by atoms with Crippen molar-refractivity contribution in [2.75, 3.05) is 70.4 Å². The van der Waals surface area contributed by atoms with Crippen LogP contribution < -0.4 is 20.1 Å². The monoisotopic (exact) mass is 669 g/mol. The van der Waals surface area contributed by atoms with Crippen LogP contribution in [0.25, 0.3) is 22.2 Å². The van der Waals surface area contributed by atoms with Gasteiger partial charge in [0.2, 0.25) is 5.88 Å². The molecule has 252 valence electrons. The molecule has 0 bridgehead atoms. The number of hydrogen-bond donors (Lipinski definition) is 3. The molecular formula is C33H41ClFN7O5. The number of aromatic nitrogens is 3. The van der Waals surface area contributed by atoms with Crippen LogP contribution in [-0.2, 0) is 9.47 Å². The van der Waals surface area contributed by atoms with Crippen LogP contribution in [0, 0.1) is 23.6 Å². The van der Waals surface area contributed by atoms with Gasteiger partial charge in [0.1, 0.15) is 22.4 Å². The second-order valence-electron chi connectivity index (χ2n) is 13.1.